The summed E-state index contributed by atoms with van der Waals surface area (Å²) in [5, 5.41) is 13.2. The van der Waals surface area contributed by atoms with E-state index in [-0.39, 0.29) is 18.9 Å². The van der Waals surface area contributed by atoms with E-state index in [9.17, 15) is 5.11 Å². The van der Waals surface area contributed by atoms with E-state index in [1.165, 1.54) is 0 Å². The van der Waals surface area contributed by atoms with E-state index in [0.29, 0.717) is 0 Å². The molecular weight excluding hydrogens is 244 g/mol. The lowest BCUT2D eigenvalue weighted by molar-refractivity contribution is 0.0310. The molecule has 1 unspecified atom stereocenters. The average Bonchev–Trinajstić information content (AvgIpc) is 2.94. The summed E-state index contributed by atoms with van der Waals surface area (Å²) in [6, 6.07) is 5.93. The number of rotatable bonds is 3. The minimum absolute atomic E-state index is 0.0899. The van der Waals surface area contributed by atoms with E-state index in [1.807, 2.05) is 18.2 Å². The van der Waals surface area contributed by atoms with Crippen LogP contribution in [-0.4, -0.2) is 49.6 Å². The second-order valence-electron chi connectivity index (χ2n) is 5.24. The number of hydrogen-bond acceptors (Lipinski definition) is 5. The number of aliphatic hydroxyl groups is 1. The zero-order chi connectivity index (χ0) is 13.3. The normalized spacial score (nSPS) is 22.2. The van der Waals surface area contributed by atoms with E-state index in [4.69, 9.17) is 9.47 Å². The van der Waals surface area contributed by atoms with Gasteiger partial charge in [-0.1, -0.05) is 6.07 Å². The second-order valence-corrected chi connectivity index (χ2v) is 5.24. The zero-order valence-corrected chi connectivity index (χ0v) is 11.2. The van der Waals surface area contributed by atoms with Crippen molar-refractivity contribution in [3.63, 3.8) is 0 Å². The van der Waals surface area contributed by atoms with Crippen LogP contribution < -0.4 is 14.8 Å². The third-order valence-electron chi connectivity index (χ3n) is 4.12. The van der Waals surface area contributed by atoms with E-state index in [1.54, 1.807) is 0 Å². The third kappa shape index (κ3) is 2.18. The first-order valence-electron chi connectivity index (χ1n) is 6.71. The highest BCUT2D eigenvalue weighted by atomic mass is 16.7. The molecule has 2 aliphatic heterocycles. The number of benzene rings is 1. The predicted molar refractivity (Wildman–Crippen MR) is 71.4 cm³/mol. The molecule has 1 aromatic carbocycles. The maximum absolute atomic E-state index is 9.91. The zero-order valence-electron chi connectivity index (χ0n) is 11.2. The maximum atomic E-state index is 9.91. The van der Waals surface area contributed by atoms with Crippen molar-refractivity contribution in [1.29, 1.82) is 0 Å². The van der Waals surface area contributed by atoms with Crippen LogP contribution in [0.5, 0.6) is 11.5 Å². The summed E-state index contributed by atoms with van der Waals surface area (Å²) in [6.07, 6.45) is 0. The molecule has 5 heteroatoms. The van der Waals surface area contributed by atoms with E-state index in [0.717, 1.165) is 43.2 Å². The first-order valence-corrected chi connectivity index (χ1v) is 6.71. The molecule has 2 aliphatic rings. The fourth-order valence-corrected chi connectivity index (χ4v) is 2.76. The largest absolute Gasteiger partial charge is 0.454 e. The van der Waals surface area contributed by atoms with Gasteiger partial charge < -0.3 is 19.9 Å². The Morgan fingerprint density at radius 2 is 2.00 bits per heavy atom. The highest BCUT2D eigenvalue weighted by Gasteiger charge is 2.35. The van der Waals surface area contributed by atoms with Crippen molar-refractivity contribution >= 4 is 0 Å². The molecular formula is C14H20N2O3. The molecule has 0 aromatic heterocycles. The molecule has 5 nitrogen and oxygen atoms in total. The first-order chi connectivity index (χ1) is 9.24. The van der Waals surface area contributed by atoms with Crippen molar-refractivity contribution in [2.24, 2.45) is 0 Å². The van der Waals surface area contributed by atoms with Crippen LogP contribution >= 0.6 is 0 Å². The van der Waals surface area contributed by atoms with Gasteiger partial charge >= 0.3 is 0 Å². The quantitative estimate of drug-likeness (QED) is 0.834. The van der Waals surface area contributed by atoms with Gasteiger partial charge in [-0.15, -0.1) is 0 Å². The molecule has 2 N–H and O–H groups in total. The minimum Gasteiger partial charge on any atom is -0.454 e. The van der Waals surface area contributed by atoms with Gasteiger partial charge in [0.05, 0.1) is 12.1 Å². The minimum atomic E-state index is -0.372. The molecule has 0 aliphatic carbocycles. The summed E-state index contributed by atoms with van der Waals surface area (Å²) in [7, 11) is 0. The van der Waals surface area contributed by atoms with E-state index >= 15 is 0 Å². The molecule has 0 saturated carbocycles. The molecule has 1 fully saturated rings. The van der Waals surface area contributed by atoms with Crippen molar-refractivity contribution < 1.29 is 14.6 Å². The monoisotopic (exact) mass is 264 g/mol. The number of nitrogens with one attached hydrogen (secondary N) is 1. The Morgan fingerprint density at radius 1 is 1.26 bits per heavy atom. The van der Waals surface area contributed by atoms with Gasteiger partial charge in [0.15, 0.2) is 11.5 Å². The van der Waals surface area contributed by atoms with Gasteiger partial charge in [-0.2, -0.15) is 0 Å². The summed E-state index contributed by atoms with van der Waals surface area (Å²) < 4.78 is 10.8. The Morgan fingerprint density at radius 3 is 2.74 bits per heavy atom. The first kappa shape index (κ1) is 12.7. The average molecular weight is 264 g/mol. The SMILES string of the molecule is CC(CO)(c1ccc2c(c1)OCO2)N1CCNCC1. The van der Waals surface area contributed by atoms with Gasteiger partial charge in [0.2, 0.25) is 6.79 Å². The number of piperazine rings is 1. The van der Waals surface area contributed by atoms with Gasteiger partial charge in [0.25, 0.3) is 0 Å². The lowest BCUT2D eigenvalue weighted by Crippen LogP contribution is -2.54. The van der Waals surface area contributed by atoms with Crippen LogP contribution in [0.25, 0.3) is 0 Å². The van der Waals surface area contributed by atoms with Gasteiger partial charge in [-0.25, -0.2) is 0 Å². The van der Waals surface area contributed by atoms with Crippen LogP contribution in [0.4, 0.5) is 0 Å². The molecule has 0 radical (unpaired) electrons. The number of nitrogens with zero attached hydrogens (tertiary/aromatic N) is 1. The molecule has 1 aromatic rings. The van der Waals surface area contributed by atoms with Gasteiger partial charge in [-0.3, -0.25) is 4.90 Å². The van der Waals surface area contributed by atoms with Gasteiger partial charge in [-0.05, 0) is 24.6 Å². The summed E-state index contributed by atoms with van der Waals surface area (Å²) >= 11 is 0. The van der Waals surface area contributed by atoms with Crippen LogP contribution in [-0.2, 0) is 5.54 Å². The number of ether oxygens (including phenoxy) is 2. The number of aliphatic hydroxyl groups excluding tert-OH is 1. The van der Waals surface area contributed by atoms with Crippen LogP contribution in [0.2, 0.25) is 0 Å². The summed E-state index contributed by atoms with van der Waals surface area (Å²) in [6.45, 7) is 6.24. The molecule has 1 atom stereocenters. The molecule has 104 valence electrons. The predicted octanol–water partition coefficient (Wildman–Crippen LogP) is 0.528. The van der Waals surface area contributed by atoms with Gasteiger partial charge in [0.1, 0.15) is 0 Å². The summed E-state index contributed by atoms with van der Waals surface area (Å²) in [4.78, 5) is 2.32. The van der Waals surface area contributed by atoms with Crippen molar-refractivity contribution in [1.82, 2.24) is 10.2 Å². The standard InChI is InChI=1S/C14H20N2O3/c1-14(9-17,16-6-4-15-5-7-16)11-2-3-12-13(8-11)19-10-18-12/h2-3,8,15,17H,4-7,9-10H2,1H3. The van der Waals surface area contributed by atoms with Gasteiger partial charge in [0, 0.05) is 26.2 Å². The molecule has 0 amide bonds. The van der Waals surface area contributed by atoms with Crippen molar-refractivity contribution in [3.8, 4) is 11.5 Å². The molecule has 3 rings (SSSR count). The van der Waals surface area contributed by atoms with Crippen LogP contribution in [0.1, 0.15) is 12.5 Å². The van der Waals surface area contributed by atoms with Crippen LogP contribution in [0.3, 0.4) is 0 Å². The lowest BCUT2D eigenvalue weighted by atomic mass is 9.90. The Balaban J connectivity index is 1.92. The molecule has 19 heavy (non-hydrogen) atoms. The Labute approximate surface area is 113 Å². The molecule has 0 spiro atoms. The van der Waals surface area contributed by atoms with Crippen LogP contribution in [0.15, 0.2) is 18.2 Å². The van der Waals surface area contributed by atoms with Crippen molar-refractivity contribution in [3.05, 3.63) is 23.8 Å². The highest BCUT2D eigenvalue weighted by molar-refractivity contribution is 5.46. The molecule has 2 heterocycles. The molecule has 1 saturated heterocycles. The second kappa shape index (κ2) is 5.00. The Bertz CT molecular complexity index is 460. The van der Waals surface area contributed by atoms with Crippen molar-refractivity contribution in [2.75, 3.05) is 39.6 Å². The number of fused-ring (bicyclic) bond motifs is 1. The lowest BCUT2D eigenvalue weighted by Gasteiger charge is -2.42. The van der Waals surface area contributed by atoms with E-state index < -0.39 is 0 Å². The summed E-state index contributed by atoms with van der Waals surface area (Å²) in [5.74, 6) is 1.55. The fourth-order valence-electron chi connectivity index (χ4n) is 2.76. The van der Waals surface area contributed by atoms with Crippen LogP contribution in [0, 0.1) is 0 Å². The third-order valence-corrected chi connectivity index (χ3v) is 4.12. The van der Waals surface area contributed by atoms with E-state index in [2.05, 4.69) is 17.1 Å². The summed E-state index contributed by atoms with van der Waals surface area (Å²) in [5.41, 5.74) is 0.699. The smallest absolute Gasteiger partial charge is 0.231 e. The number of hydrogen-bond donors (Lipinski definition) is 2. The Kier molecular flexibility index (Phi) is 3.35. The fraction of sp³-hybridized carbons (Fsp3) is 0.571. The highest BCUT2D eigenvalue weighted by Crippen LogP contribution is 2.37. The molecule has 0 bridgehead atoms. The maximum Gasteiger partial charge on any atom is 0.231 e. The van der Waals surface area contributed by atoms with Crippen molar-refractivity contribution in [2.45, 2.75) is 12.5 Å². The Hall–Kier alpha value is -1.30. The topological polar surface area (TPSA) is 54.0 Å².